The smallest absolute Gasteiger partial charge is 0.0866 e. The van der Waals surface area contributed by atoms with Crippen LogP contribution in [-0.4, -0.2) is 37.6 Å². The van der Waals surface area contributed by atoms with E-state index in [0.717, 1.165) is 36.6 Å². The van der Waals surface area contributed by atoms with Gasteiger partial charge in [-0.25, -0.2) is 0 Å². The molecule has 0 amide bonds. The lowest BCUT2D eigenvalue weighted by Gasteiger charge is -2.38. The topological polar surface area (TPSA) is 30.3 Å². The Kier molecular flexibility index (Phi) is 4.46. The second kappa shape index (κ2) is 6.08. The molecule has 96 valence electrons. The summed E-state index contributed by atoms with van der Waals surface area (Å²) in [5.74, 6) is 0. The molecule has 18 heavy (non-hydrogen) atoms. The second-order valence-electron chi connectivity index (χ2n) is 4.77. The number of halogens is 1. The Morgan fingerprint density at radius 1 is 1.50 bits per heavy atom. The van der Waals surface area contributed by atoms with Gasteiger partial charge in [-0.1, -0.05) is 23.7 Å². The number of nitriles is 1. The lowest BCUT2D eigenvalue weighted by Crippen LogP contribution is -2.46. The molecule has 0 radical (unpaired) electrons. The molecule has 4 heteroatoms. The van der Waals surface area contributed by atoms with Crippen molar-refractivity contribution in [1.29, 1.82) is 5.26 Å². The molecule has 0 N–H and O–H groups in total. The third-order valence-corrected chi connectivity index (χ3v) is 3.85. The van der Waals surface area contributed by atoms with E-state index in [2.05, 4.69) is 21.9 Å². The summed E-state index contributed by atoms with van der Waals surface area (Å²) in [5, 5.41) is 9.57. The highest BCUT2D eigenvalue weighted by Gasteiger charge is 2.24. The van der Waals surface area contributed by atoms with Crippen molar-refractivity contribution in [2.75, 3.05) is 31.6 Å². The number of para-hydroxylation sites is 1. The number of rotatable bonds is 3. The van der Waals surface area contributed by atoms with Crippen LogP contribution in [0.3, 0.4) is 0 Å². The molecule has 1 heterocycles. The third kappa shape index (κ3) is 2.95. The van der Waals surface area contributed by atoms with E-state index in [1.807, 2.05) is 25.2 Å². The van der Waals surface area contributed by atoms with Gasteiger partial charge in [-0.3, -0.25) is 4.90 Å². The maximum atomic E-state index is 8.77. The summed E-state index contributed by atoms with van der Waals surface area (Å²) in [4.78, 5) is 4.45. The highest BCUT2D eigenvalue weighted by atomic mass is 35.5. The first kappa shape index (κ1) is 13.2. The molecule has 1 saturated heterocycles. The predicted octanol–water partition coefficient (Wildman–Crippen LogP) is 2.76. The van der Waals surface area contributed by atoms with Gasteiger partial charge in [0.2, 0.25) is 0 Å². The molecule has 0 saturated carbocycles. The van der Waals surface area contributed by atoms with E-state index < -0.39 is 0 Å². The Hall–Kier alpha value is -1.24. The van der Waals surface area contributed by atoms with E-state index in [-0.39, 0.29) is 0 Å². The summed E-state index contributed by atoms with van der Waals surface area (Å²) in [6, 6.07) is 10.6. The van der Waals surface area contributed by atoms with Crippen LogP contribution in [0.4, 0.5) is 5.69 Å². The SMILES string of the molecule is CN(CC#N)C1CCCN(c2ccccc2Cl)C1. The molecule has 1 aromatic carbocycles. The fourth-order valence-corrected chi connectivity index (χ4v) is 2.74. The second-order valence-corrected chi connectivity index (χ2v) is 5.17. The molecule has 0 aliphatic carbocycles. The summed E-state index contributed by atoms with van der Waals surface area (Å²) in [6.07, 6.45) is 2.30. The first-order chi connectivity index (χ1) is 8.72. The Labute approximate surface area is 114 Å². The number of benzene rings is 1. The van der Waals surface area contributed by atoms with Crippen LogP contribution in [0.2, 0.25) is 5.02 Å². The number of piperidine rings is 1. The first-order valence-electron chi connectivity index (χ1n) is 6.29. The Morgan fingerprint density at radius 3 is 3.00 bits per heavy atom. The molecule has 0 spiro atoms. The maximum absolute atomic E-state index is 8.77. The fraction of sp³-hybridized carbons (Fsp3) is 0.500. The molecule has 2 rings (SSSR count). The Morgan fingerprint density at radius 2 is 2.28 bits per heavy atom. The van der Waals surface area contributed by atoms with E-state index in [4.69, 9.17) is 16.9 Å². The first-order valence-corrected chi connectivity index (χ1v) is 6.67. The van der Waals surface area contributed by atoms with Crippen molar-refractivity contribution < 1.29 is 0 Å². The number of hydrogen-bond donors (Lipinski definition) is 0. The number of anilines is 1. The molecule has 0 bridgehead atoms. The summed E-state index contributed by atoms with van der Waals surface area (Å²) in [6.45, 7) is 2.48. The third-order valence-electron chi connectivity index (χ3n) is 3.53. The average molecular weight is 264 g/mol. The summed E-state index contributed by atoms with van der Waals surface area (Å²) in [5.41, 5.74) is 1.11. The van der Waals surface area contributed by atoms with Gasteiger partial charge in [-0.15, -0.1) is 0 Å². The normalized spacial score (nSPS) is 19.9. The molecule has 1 aromatic rings. The van der Waals surface area contributed by atoms with Gasteiger partial charge in [0, 0.05) is 19.1 Å². The van der Waals surface area contributed by atoms with Crippen molar-refractivity contribution in [3.63, 3.8) is 0 Å². The van der Waals surface area contributed by atoms with Gasteiger partial charge in [0.1, 0.15) is 0 Å². The van der Waals surface area contributed by atoms with Gasteiger partial charge in [-0.05, 0) is 32.0 Å². The summed E-state index contributed by atoms with van der Waals surface area (Å²) in [7, 11) is 2.02. The standard InChI is InChI=1S/C14H18ClN3/c1-17(10-8-16)12-5-4-9-18(11-12)14-7-3-2-6-13(14)15/h2-3,6-7,12H,4-5,9-11H2,1H3. The van der Waals surface area contributed by atoms with Gasteiger partial charge in [-0.2, -0.15) is 5.26 Å². The van der Waals surface area contributed by atoms with Crippen LogP contribution in [0.1, 0.15) is 12.8 Å². The zero-order valence-electron chi connectivity index (χ0n) is 10.6. The van der Waals surface area contributed by atoms with Crippen LogP contribution in [0.25, 0.3) is 0 Å². The molecule has 0 aromatic heterocycles. The van der Waals surface area contributed by atoms with Crippen LogP contribution in [0, 0.1) is 11.3 Å². The highest BCUT2D eigenvalue weighted by Crippen LogP contribution is 2.28. The molecule has 1 fully saturated rings. The molecule has 1 aliphatic rings. The Balaban J connectivity index is 2.08. The predicted molar refractivity (Wildman–Crippen MR) is 74.9 cm³/mol. The summed E-state index contributed by atoms with van der Waals surface area (Å²) < 4.78 is 0. The molecule has 1 unspecified atom stereocenters. The lowest BCUT2D eigenvalue weighted by atomic mass is 10.0. The molecule has 1 atom stereocenters. The number of nitrogens with zero attached hydrogens (tertiary/aromatic N) is 3. The van der Waals surface area contributed by atoms with Gasteiger partial charge in [0.05, 0.1) is 23.3 Å². The monoisotopic (exact) mass is 263 g/mol. The molecule has 3 nitrogen and oxygen atoms in total. The van der Waals surface area contributed by atoms with Crippen molar-refractivity contribution >= 4 is 17.3 Å². The van der Waals surface area contributed by atoms with Crippen LogP contribution in [-0.2, 0) is 0 Å². The zero-order chi connectivity index (χ0) is 13.0. The number of hydrogen-bond acceptors (Lipinski definition) is 3. The average Bonchev–Trinajstić information content (AvgIpc) is 2.40. The van der Waals surface area contributed by atoms with Crippen LogP contribution in [0.5, 0.6) is 0 Å². The van der Waals surface area contributed by atoms with Crippen molar-refractivity contribution in [2.45, 2.75) is 18.9 Å². The van der Waals surface area contributed by atoms with Crippen LogP contribution in [0.15, 0.2) is 24.3 Å². The van der Waals surface area contributed by atoms with Crippen molar-refractivity contribution in [1.82, 2.24) is 4.90 Å². The Bertz CT molecular complexity index is 441. The minimum atomic E-state index is 0.440. The van der Waals surface area contributed by atoms with Gasteiger partial charge in [0.25, 0.3) is 0 Å². The molecule has 1 aliphatic heterocycles. The minimum absolute atomic E-state index is 0.440. The van der Waals surface area contributed by atoms with Crippen molar-refractivity contribution in [2.24, 2.45) is 0 Å². The van der Waals surface area contributed by atoms with Gasteiger partial charge < -0.3 is 4.90 Å². The fourth-order valence-electron chi connectivity index (χ4n) is 2.48. The lowest BCUT2D eigenvalue weighted by molar-refractivity contribution is 0.238. The van der Waals surface area contributed by atoms with Gasteiger partial charge >= 0.3 is 0 Å². The van der Waals surface area contributed by atoms with E-state index in [1.54, 1.807) is 0 Å². The highest BCUT2D eigenvalue weighted by molar-refractivity contribution is 6.33. The number of likely N-dealkylation sites (N-methyl/N-ethyl adjacent to an activating group) is 1. The van der Waals surface area contributed by atoms with Crippen molar-refractivity contribution in [3.8, 4) is 6.07 Å². The van der Waals surface area contributed by atoms with Gasteiger partial charge in [0.15, 0.2) is 0 Å². The van der Waals surface area contributed by atoms with Crippen molar-refractivity contribution in [3.05, 3.63) is 29.3 Å². The van der Waals surface area contributed by atoms with E-state index >= 15 is 0 Å². The largest absolute Gasteiger partial charge is 0.369 e. The van der Waals surface area contributed by atoms with E-state index in [1.165, 1.54) is 0 Å². The summed E-state index contributed by atoms with van der Waals surface area (Å²) >= 11 is 6.24. The van der Waals surface area contributed by atoms with E-state index in [0.29, 0.717) is 12.6 Å². The zero-order valence-corrected chi connectivity index (χ0v) is 11.4. The van der Waals surface area contributed by atoms with Crippen LogP contribution >= 0.6 is 11.6 Å². The minimum Gasteiger partial charge on any atom is -0.369 e. The van der Waals surface area contributed by atoms with Crippen LogP contribution < -0.4 is 4.90 Å². The molecular formula is C14H18ClN3. The maximum Gasteiger partial charge on any atom is 0.0866 e. The quantitative estimate of drug-likeness (QED) is 0.786. The van der Waals surface area contributed by atoms with E-state index in [9.17, 15) is 0 Å². The molecular weight excluding hydrogens is 246 g/mol.